The molecule has 0 saturated heterocycles. The Morgan fingerprint density at radius 3 is 2.59 bits per heavy atom. The van der Waals surface area contributed by atoms with Crippen molar-refractivity contribution in [2.75, 3.05) is 0 Å². The van der Waals surface area contributed by atoms with Crippen molar-refractivity contribution in [3.05, 3.63) is 66.0 Å². The Morgan fingerprint density at radius 2 is 1.77 bits per heavy atom. The summed E-state index contributed by atoms with van der Waals surface area (Å²) in [7, 11) is 2.00. The number of hydrogen-bond donors (Lipinski definition) is 1. The van der Waals surface area contributed by atoms with E-state index in [-0.39, 0.29) is 0 Å². The molecule has 108 valence electrons. The number of nitrogens with zero attached hydrogens (tertiary/aromatic N) is 2. The second-order valence-corrected chi connectivity index (χ2v) is 5.24. The van der Waals surface area contributed by atoms with Crippen molar-refractivity contribution in [3.8, 4) is 11.5 Å². The zero-order chi connectivity index (χ0) is 15.1. The Balaban J connectivity index is 2.06. The fraction of sp³-hybridized carbons (Fsp3) is 0.0556. The van der Waals surface area contributed by atoms with Gasteiger partial charge in [0.05, 0.1) is 5.69 Å². The molecule has 0 aliphatic rings. The zero-order valence-electron chi connectivity index (χ0n) is 12.0. The largest absolute Gasteiger partial charge is 0.454 e. The molecule has 0 amide bonds. The monoisotopic (exact) mass is 290 g/mol. The van der Waals surface area contributed by atoms with E-state index in [0.717, 1.165) is 22.0 Å². The summed E-state index contributed by atoms with van der Waals surface area (Å²) in [6.45, 7) is 0. The van der Waals surface area contributed by atoms with Crippen molar-refractivity contribution in [2.24, 2.45) is 12.2 Å². The molecule has 0 radical (unpaired) electrons. The maximum absolute atomic E-state index is 9.29. The van der Waals surface area contributed by atoms with E-state index < -0.39 is 0 Å². The first-order valence-electron chi connectivity index (χ1n) is 7.04. The van der Waals surface area contributed by atoms with Crippen LogP contribution in [0.1, 0.15) is 0 Å². The number of para-hydroxylation sites is 2. The van der Waals surface area contributed by atoms with E-state index in [2.05, 4.69) is 27.9 Å². The van der Waals surface area contributed by atoms with Crippen LogP contribution < -0.4 is 5.36 Å². The molecule has 1 N–H and O–H groups in total. The highest BCUT2D eigenvalue weighted by molar-refractivity contribution is 5.87. The van der Waals surface area contributed by atoms with Gasteiger partial charge in [0.1, 0.15) is 10.9 Å². The molecule has 0 bridgehead atoms. The molecule has 4 aromatic rings. The number of rotatable bonds is 1. The lowest BCUT2D eigenvalue weighted by Gasteiger charge is -2.05. The van der Waals surface area contributed by atoms with Crippen LogP contribution in [0.3, 0.4) is 0 Å². The van der Waals surface area contributed by atoms with Crippen LogP contribution in [0, 0.1) is 0 Å². The van der Waals surface area contributed by atoms with Gasteiger partial charge in [-0.1, -0.05) is 35.5 Å². The number of hydrogen-bond acceptors (Lipinski definition) is 3. The number of benzene rings is 2. The Bertz CT molecular complexity index is 1060. The predicted molar refractivity (Wildman–Crippen MR) is 85.5 cm³/mol. The highest BCUT2D eigenvalue weighted by Crippen LogP contribution is 2.28. The fourth-order valence-corrected chi connectivity index (χ4v) is 2.85. The van der Waals surface area contributed by atoms with Gasteiger partial charge >= 0.3 is 0 Å². The van der Waals surface area contributed by atoms with Crippen LogP contribution in [0.2, 0.25) is 0 Å². The highest BCUT2D eigenvalue weighted by atomic mass is 16.4. The van der Waals surface area contributed by atoms with Gasteiger partial charge in [-0.15, -0.1) is 0 Å². The molecule has 2 aromatic carbocycles. The first kappa shape index (κ1) is 12.7. The van der Waals surface area contributed by atoms with Crippen LogP contribution in [0.15, 0.2) is 70.2 Å². The fourth-order valence-electron chi connectivity index (χ4n) is 2.85. The molecule has 4 rings (SSSR count). The Labute approximate surface area is 126 Å². The normalized spacial score (nSPS) is 12.3. The lowest BCUT2D eigenvalue weighted by Crippen LogP contribution is -2.04. The number of aryl methyl sites for hydroxylation is 1. The van der Waals surface area contributed by atoms with Gasteiger partial charge in [-0.3, -0.25) is 0 Å². The summed E-state index contributed by atoms with van der Waals surface area (Å²) in [5.41, 5.74) is 2.76. The molecule has 0 atom stereocenters. The molecule has 2 heterocycles. The number of fused-ring (bicyclic) bond motifs is 2. The summed E-state index contributed by atoms with van der Waals surface area (Å²) in [4.78, 5) is 0. The molecule has 2 aromatic heterocycles. The molecule has 4 heteroatoms. The van der Waals surface area contributed by atoms with E-state index in [1.165, 1.54) is 0 Å². The molecule has 0 saturated carbocycles. The summed E-state index contributed by atoms with van der Waals surface area (Å²) in [6.07, 6.45) is 0. The van der Waals surface area contributed by atoms with Gasteiger partial charge in [0.2, 0.25) is 0 Å². The zero-order valence-corrected chi connectivity index (χ0v) is 12.0. The van der Waals surface area contributed by atoms with E-state index in [0.29, 0.717) is 16.7 Å². The molecular formula is C18H14N2O2. The predicted octanol–water partition coefficient (Wildman–Crippen LogP) is 3.88. The lowest BCUT2D eigenvalue weighted by atomic mass is 10.2. The second-order valence-electron chi connectivity index (χ2n) is 5.24. The van der Waals surface area contributed by atoms with Crippen LogP contribution in [0.4, 0.5) is 0 Å². The van der Waals surface area contributed by atoms with E-state index in [1.54, 1.807) is 6.07 Å². The Kier molecular flexibility index (Phi) is 2.76. The van der Waals surface area contributed by atoms with Crippen molar-refractivity contribution in [3.63, 3.8) is 0 Å². The Morgan fingerprint density at radius 1 is 1.00 bits per heavy atom. The van der Waals surface area contributed by atoms with Crippen molar-refractivity contribution in [2.45, 2.75) is 0 Å². The van der Waals surface area contributed by atoms with Crippen molar-refractivity contribution < 1.29 is 9.62 Å². The van der Waals surface area contributed by atoms with E-state index in [1.807, 2.05) is 43.4 Å². The topological polar surface area (TPSA) is 50.7 Å². The first-order chi connectivity index (χ1) is 10.8. The molecule has 0 spiro atoms. The highest BCUT2D eigenvalue weighted by Gasteiger charge is 2.11. The average Bonchev–Trinajstić information content (AvgIpc) is 2.91. The van der Waals surface area contributed by atoms with Crippen LogP contribution in [-0.4, -0.2) is 9.77 Å². The van der Waals surface area contributed by atoms with Gasteiger partial charge in [-0.2, -0.15) is 0 Å². The second kappa shape index (κ2) is 4.77. The summed E-state index contributed by atoms with van der Waals surface area (Å²) in [6, 6.07) is 19.5. The van der Waals surface area contributed by atoms with Crippen molar-refractivity contribution in [1.29, 1.82) is 0 Å². The van der Waals surface area contributed by atoms with E-state index in [4.69, 9.17) is 4.42 Å². The molecule has 0 unspecified atom stereocenters. The third kappa shape index (κ3) is 1.81. The van der Waals surface area contributed by atoms with Gasteiger partial charge in [-0.25, -0.2) is 0 Å². The summed E-state index contributed by atoms with van der Waals surface area (Å²) >= 11 is 0. The van der Waals surface area contributed by atoms with E-state index >= 15 is 0 Å². The lowest BCUT2D eigenvalue weighted by molar-refractivity contribution is 0.302. The van der Waals surface area contributed by atoms with Gasteiger partial charge in [-0.05, 0) is 24.3 Å². The third-order valence-electron chi connectivity index (χ3n) is 3.96. The van der Waals surface area contributed by atoms with Gasteiger partial charge in [0.15, 0.2) is 5.76 Å². The number of aromatic nitrogens is 1. The third-order valence-corrected chi connectivity index (χ3v) is 3.96. The molecule has 4 nitrogen and oxygen atoms in total. The molecule has 0 aliphatic carbocycles. The summed E-state index contributed by atoms with van der Waals surface area (Å²) in [5.74, 6) is 0.671. The smallest absolute Gasteiger partial charge is 0.153 e. The van der Waals surface area contributed by atoms with Crippen LogP contribution in [0.5, 0.6) is 0 Å². The average molecular weight is 290 g/mol. The minimum absolute atomic E-state index is 0.502. The van der Waals surface area contributed by atoms with Crippen LogP contribution in [-0.2, 0) is 7.05 Å². The molecule has 0 fully saturated rings. The van der Waals surface area contributed by atoms with Gasteiger partial charge < -0.3 is 14.2 Å². The summed E-state index contributed by atoms with van der Waals surface area (Å²) < 4.78 is 8.08. The maximum Gasteiger partial charge on any atom is 0.153 e. The SMILES string of the molecule is Cn1c(-c2c/c(=N\O)c3ccccc3o2)cc2ccccc21. The Hall–Kier alpha value is -3.01. The summed E-state index contributed by atoms with van der Waals surface area (Å²) in [5, 5.41) is 15.1. The van der Waals surface area contributed by atoms with E-state index in [9.17, 15) is 5.21 Å². The minimum atomic E-state index is 0.502. The molecular weight excluding hydrogens is 276 g/mol. The molecule has 22 heavy (non-hydrogen) atoms. The standard InChI is InChI=1S/C18H14N2O2/c1-20-15-8-4-2-6-12(15)10-16(20)18-11-14(19-21)13-7-3-5-9-17(13)22-18/h2-11,21H,1H3/b19-14+. The van der Waals surface area contributed by atoms with Gasteiger partial charge in [0.25, 0.3) is 0 Å². The molecule has 0 aliphatic heterocycles. The van der Waals surface area contributed by atoms with Crippen molar-refractivity contribution >= 4 is 21.9 Å². The van der Waals surface area contributed by atoms with Gasteiger partial charge in [0, 0.05) is 29.4 Å². The minimum Gasteiger partial charge on any atom is -0.454 e. The van der Waals surface area contributed by atoms with Crippen LogP contribution in [0.25, 0.3) is 33.3 Å². The maximum atomic E-state index is 9.29. The quantitative estimate of drug-likeness (QED) is 0.427. The first-order valence-corrected chi connectivity index (χ1v) is 7.04. The van der Waals surface area contributed by atoms with Crippen LogP contribution >= 0.6 is 0 Å². The van der Waals surface area contributed by atoms with Crippen molar-refractivity contribution in [1.82, 2.24) is 4.57 Å².